The highest BCUT2D eigenvalue weighted by Crippen LogP contribution is 2.34. The third-order valence-electron chi connectivity index (χ3n) is 8.10. The summed E-state index contributed by atoms with van der Waals surface area (Å²) < 4.78 is 0. The topological polar surface area (TPSA) is 114 Å². The molecule has 3 heterocycles. The zero-order valence-corrected chi connectivity index (χ0v) is 24.6. The predicted octanol–water partition coefficient (Wildman–Crippen LogP) is 3.08. The van der Waals surface area contributed by atoms with Gasteiger partial charge in [0, 0.05) is 32.1 Å². The Hall–Kier alpha value is -3.60. The number of aromatic nitrogens is 1. The van der Waals surface area contributed by atoms with E-state index in [2.05, 4.69) is 4.98 Å². The molecule has 10 heteroatoms. The molecule has 2 aromatic carbocycles. The minimum Gasteiger partial charge on any atom is -0.393 e. The zero-order chi connectivity index (χ0) is 29.5. The fourth-order valence-corrected chi connectivity index (χ4v) is 6.74. The number of hydrogen-bond acceptors (Lipinski definition) is 7. The lowest BCUT2D eigenvalue weighted by Gasteiger charge is -2.36. The van der Waals surface area contributed by atoms with Gasteiger partial charge in [-0.15, -0.1) is 11.3 Å². The van der Waals surface area contributed by atoms with Gasteiger partial charge in [-0.1, -0.05) is 56.3 Å². The van der Waals surface area contributed by atoms with Gasteiger partial charge < -0.3 is 24.9 Å². The van der Waals surface area contributed by atoms with Crippen LogP contribution in [0.15, 0.2) is 54.0 Å². The number of nitrogens with zero attached hydrogens (tertiary/aromatic N) is 4. The maximum Gasteiger partial charge on any atom is 0.255 e. The van der Waals surface area contributed by atoms with E-state index in [0.29, 0.717) is 18.7 Å². The number of β-amino-alcohol motifs (C(OH)–C–C–N with tert-alkyl or cyclic N) is 1. The van der Waals surface area contributed by atoms with Crippen molar-refractivity contribution in [2.24, 2.45) is 5.92 Å². The standard InChI is InChI=1S/C31H36N4O5S/c1-19(2)26(34-15-23-7-5-6-8-24(23)28(34)37)30(39)35-16-31(40,17-36)13-25(35)29(38)33(4)14-21-9-11-22(12-10-21)27-20(3)32-18-41-27/h5-12,18-19,25-26,36,40H,13-17H2,1-4H3/t25-,26?,31-/m0/s1. The molecule has 1 fully saturated rings. The molecule has 2 aliphatic heterocycles. The van der Waals surface area contributed by atoms with Crippen molar-refractivity contribution >= 4 is 29.1 Å². The monoisotopic (exact) mass is 576 g/mol. The number of likely N-dealkylation sites (N-methyl/N-ethyl adjacent to an activating group) is 1. The van der Waals surface area contributed by atoms with Gasteiger partial charge in [-0.2, -0.15) is 0 Å². The van der Waals surface area contributed by atoms with Crippen LogP contribution in [-0.2, 0) is 22.7 Å². The number of rotatable bonds is 8. The van der Waals surface area contributed by atoms with E-state index in [-0.39, 0.29) is 30.7 Å². The molecular weight excluding hydrogens is 540 g/mol. The molecule has 2 aliphatic rings. The lowest BCUT2D eigenvalue weighted by molar-refractivity contribution is -0.147. The van der Waals surface area contributed by atoms with Crippen molar-refractivity contribution < 1.29 is 24.6 Å². The molecule has 1 unspecified atom stereocenters. The number of aliphatic hydroxyl groups excluding tert-OH is 1. The maximum atomic E-state index is 14.1. The van der Waals surface area contributed by atoms with Crippen LogP contribution in [0.25, 0.3) is 10.4 Å². The number of thiazole rings is 1. The van der Waals surface area contributed by atoms with E-state index < -0.39 is 30.2 Å². The number of aryl methyl sites for hydroxylation is 1. The fraction of sp³-hybridized carbons (Fsp3) is 0.419. The molecule has 216 valence electrons. The molecule has 41 heavy (non-hydrogen) atoms. The Morgan fingerprint density at radius 3 is 2.49 bits per heavy atom. The van der Waals surface area contributed by atoms with Crippen LogP contribution in [0.4, 0.5) is 0 Å². The van der Waals surface area contributed by atoms with Crippen LogP contribution >= 0.6 is 11.3 Å². The van der Waals surface area contributed by atoms with Crippen molar-refractivity contribution in [1.82, 2.24) is 19.7 Å². The van der Waals surface area contributed by atoms with E-state index in [4.69, 9.17) is 0 Å². The number of carbonyl (C=O) groups excluding carboxylic acids is 3. The van der Waals surface area contributed by atoms with Crippen molar-refractivity contribution in [3.8, 4) is 10.4 Å². The first-order valence-corrected chi connectivity index (χ1v) is 14.7. The summed E-state index contributed by atoms with van der Waals surface area (Å²) in [6, 6.07) is 13.4. The normalized spacial score (nSPS) is 21.0. The van der Waals surface area contributed by atoms with Gasteiger partial charge in [-0.25, -0.2) is 4.98 Å². The summed E-state index contributed by atoms with van der Waals surface area (Å²) in [5.74, 6) is -1.19. The number of likely N-dealkylation sites (tertiary alicyclic amines) is 1. The van der Waals surface area contributed by atoms with Crippen LogP contribution in [0.2, 0.25) is 0 Å². The van der Waals surface area contributed by atoms with Crippen LogP contribution in [-0.4, -0.2) is 85.5 Å². The smallest absolute Gasteiger partial charge is 0.255 e. The minimum absolute atomic E-state index is 0.0823. The summed E-state index contributed by atoms with van der Waals surface area (Å²) in [6.45, 7) is 5.55. The first-order valence-electron chi connectivity index (χ1n) is 13.8. The molecular formula is C31H36N4O5S. The summed E-state index contributed by atoms with van der Waals surface area (Å²) >= 11 is 1.58. The van der Waals surface area contributed by atoms with E-state index in [0.717, 1.165) is 27.3 Å². The molecule has 3 atom stereocenters. The third kappa shape index (κ3) is 5.51. The Labute approximate surface area is 244 Å². The summed E-state index contributed by atoms with van der Waals surface area (Å²) in [4.78, 5) is 51.0. The second kappa shape index (κ2) is 11.3. The first-order chi connectivity index (χ1) is 19.5. The Bertz CT molecular complexity index is 1450. The average molecular weight is 577 g/mol. The highest BCUT2D eigenvalue weighted by molar-refractivity contribution is 7.13. The number of carbonyl (C=O) groups is 3. The van der Waals surface area contributed by atoms with Gasteiger partial charge in [0.2, 0.25) is 11.8 Å². The number of fused-ring (bicyclic) bond motifs is 1. The molecule has 0 bridgehead atoms. The molecule has 0 aliphatic carbocycles. The number of hydrogen-bond donors (Lipinski definition) is 2. The number of amides is 3. The second-order valence-electron chi connectivity index (χ2n) is 11.5. The summed E-state index contributed by atoms with van der Waals surface area (Å²) in [5.41, 5.74) is 4.58. The predicted molar refractivity (Wildman–Crippen MR) is 156 cm³/mol. The largest absolute Gasteiger partial charge is 0.393 e. The number of benzene rings is 2. The molecule has 0 spiro atoms. The Kier molecular flexibility index (Phi) is 8.00. The van der Waals surface area contributed by atoms with Crippen molar-refractivity contribution in [1.29, 1.82) is 0 Å². The molecule has 3 amide bonds. The fourth-order valence-electron chi connectivity index (χ4n) is 5.93. The van der Waals surface area contributed by atoms with Crippen LogP contribution < -0.4 is 0 Å². The Balaban J connectivity index is 1.35. The molecule has 1 saturated heterocycles. The third-order valence-corrected chi connectivity index (χ3v) is 9.08. The second-order valence-corrected chi connectivity index (χ2v) is 12.4. The van der Waals surface area contributed by atoms with E-state index in [1.54, 1.807) is 40.3 Å². The lowest BCUT2D eigenvalue weighted by Crippen LogP contribution is -2.55. The molecule has 0 radical (unpaired) electrons. The van der Waals surface area contributed by atoms with Crippen LogP contribution in [0.3, 0.4) is 0 Å². The SMILES string of the molecule is Cc1ncsc1-c1ccc(CN(C)C(=O)[C@@H]2C[C@@](O)(CO)CN2C(=O)C(C(C)C)N2Cc3ccccc3C2=O)cc1. The molecule has 1 aromatic heterocycles. The van der Waals surface area contributed by atoms with Gasteiger partial charge in [0.25, 0.3) is 5.91 Å². The van der Waals surface area contributed by atoms with Crippen LogP contribution in [0, 0.1) is 12.8 Å². The van der Waals surface area contributed by atoms with E-state index in [9.17, 15) is 24.6 Å². The van der Waals surface area contributed by atoms with Gasteiger partial charge in [-0.3, -0.25) is 14.4 Å². The van der Waals surface area contributed by atoms with Gasteiger partial charge in [-0.05, 0) is 35.6 Å². The molecule has 3 aromatic rings. The van der Waals surface area contributed by atoms with Crippen molar-refractivity contribution in [3.05, 3.63) is 76.4 Å². The maximum absolute atomic E-state index is 14.1. The first kappa shape index (κ1) is 28.9. The average Bonchev–Trinajstić information content (AvgIpc) is 3.64. The van der Waals surface area contributed by atoms with Crippen molar-refractivity contribution in [3.63, 3.8) is 0 Å². The quantitative estimate of drug-likeness (QED) is 0.426. The summed E-state index contributed by atoms with van der Waals surface area (Å²) in [6.07, 6.45) is -0.0823. The minimum atomic E-state index is -1.61. The highest BCUT2D eigenvalue weighted by Gasteiger charge is 2.51. The van der Waals surface area contributed by atoms with Gasteiger partial charge >= 0.3 is 0 Å². The van der Waals surface area contributed by atoms with Crippen LogP contribution in [0.5, 0.6) is 0 Å². The molecule has 0 saturated carbocycles. The van der Waals surface area contributed by atoms with Gasteiger partial charge in [0.05, 0.1) is 29.2 Å². The van der Waals surface area contributed by atoms with Crippen LogP contribution in [0.1, 0.15) is 47.4 Å². The van der Waals surface area contributed by atoms with E-state index in [1.807, 2.05) is 62.7 Å². The van der Waals surface area contributed by atoms with E-state index >= 15 is 0 Å². The molecule has 2 N–H and O–H groups in total. The van der Waals surface area contributed by atoms with Gasteiger partial charge in [0.1, 0.15) is 17.7 Å². The lowest BCUT2D eigenvalue weighted by atomic mass is 10.00. The van der Waals surface area contributed by atoms with Crippen molar-refractivity contribution in [2.45, 2.75) is 58.0 Å². The van der Waals surface area contributed by atoms with Gasteiger partial charge in [0.15, 0.2) is 0 Å². The molecule has 9 nitrogen and oxygen atoms in total. The Morgan fingerprint density at radius 1 is 1.17 bits per heavy atom. The highest BCUT2D eigenvalue weighted by atomic mass is 32.1. The Morgan fingerprint density at radius 2 is 1.88 bits per heavy atom. The molecule has 5 rings (SSSR count). The summed E-state index contributed by atoms with van der Waals surface area (Å²) in [7, 11) is 1.67. The summed E-state index contributed by atoms with van der Waals surface area (Å²) in [5, 5.41) is 21.0. The zero-order valence-electron chi connectivity index (χ0n) is 23.8. The van der Waals surface area contributed by atoms with Crippen molar-refractivity contribution in [2.75, 3.05) is 20.2 Å². The van der Waals surface area contributed by atoms with E-state index in [1.165, 1.54) is 4.90 Å². The number of aliphatic hydroxyl groups is 2.